The first kappa shape index (κ1) is 24.5. The minimum atomic E-state index is -4.49. The van der Waals surface area contributed by atoms with E-state index in [2.05, 4.69) is 5.32 Å². The number of benzene rings is 3. The monoisotopic (exact) mass is 471 g/mol. The largest absolute Gasteiger partial charge is 0.495 e. The van der Waals surface area contributed by atoms with E-state index in [1.165, 1.54) is 61.7 Å². The van der Waals surface area contributed by atoms with Gasteiger partial charge in [-0.15, -0.1) is 0 Å². The van der Waals surface area contributed by atoms with Gasteiger partial charge in [0.05, 0.1) is 29.5 Å². The highest BCUT2D eigenvalue weighted by Crippen LogP contribution is 2.31. The van der Waals surface area contributed by atoms with Crippen LogP contribution in [0.3, 0.4) is 0 Å². The van der Waals surface area contributed by atoms with Gasteiger partial charge in [0.2, 0.25) is 0 Å². The standard InChI is InChI=1S/C25H21F4N3O2/c1-34-23-19(24(33)32-14-16-3-2-4-17(13-16)25(27,28)29)10-12-21(31)22(23)20(30)11-7-15-5-8-18(26)9-6-15/h2-13,30H,14,31H2,1H3,(H,32,33)/b11-7+,30-20?. The van der Waals surface area contributed by atoms with Crippen molar-refractivity contribution in [2.75, 3.05) is 12.8 Å². The number of nitrogens with two attached hydrogens (primary N) is 1. The fourth-order valence-corrected chi connectivity index (χ4v) is 3.24. The first-order chi connectivity index (χ1) is 16.1. The summed E-state index contributed by atoms with van der Waals surface area (Å²) in [4.78, 5) is 12.8. The molecule has 0 aliphatic heterocycles. The number of ether oxygens (including phenoxy) is 1. The summed E-state index contributed by atoms with van der Waals surface area (Å²) in [6, 6.07) is 13.1. The second kappa shape index (κ2) is 10.2. The quantitative estimate of drug-likeness (QED) is 0.243. The zero-order valence-electron chi connectivity index (χ0n) is 18.0. The third-order valence-electron chi connectivity index (χ3n) is 4.93. The van der Waals surface area contributed by atoms with Gasteiger partial charge in [0.1, 0.15) is 11.6 Å². The van der Waals surface area contributed by atoms with Crippen LogP contribution < -0.4 is 15.8 Å². The molecule has 0 aromatic heterocycles. The van der Waals surface area contributed by atoms with Crippen LogP contribution in [0.5, 0.6) is 5.75 Å². The van der Waals surface area contributed by atoms with E-state index in [0.29, 0.717) is 5.56 Å². The summed E-state index contributed by atoms with van der Waals surface area (Å²) in [5.74, 6) is -0.942. The molecule has 0 fully saturated rings. The molecule has 3 aromatic carbocycles. The average Bonchev–Trinajstić information content (AvgIpc) is 2.81. The number of nitrogens with one attached hydrogen (secondary N) is 2. The summed E-state index contributed by atoms with van der Waals surface area (Å²) >= 11 is 0. The van der Waals surface area contributed by atoms with Crippen molar-refractivity contribution in [3.63, 3.8) is 0 Å². The van der Waals surface area contributed by atoms with Crippen LogP contribution in [-0.4, -0.2) is 18.7 Å². The molecule has 5 nitrogen and oxygen atoms in total. The number of anilines is 1. The van der Waals surface area contributed by atoms with Gasteiger partial charge in [-0.3, -0.25) is 4.79 Å². The van der Waals surface area contributed by atoms with E-state index < -0.39 is 17.6 Å². The molecule has 0 atom stereocenters. The molecule has 0 saturated heterocycles. The van der Waals surface area contributed by atoms with E-state index in [9.17, 15) is 22.4 Å². The minimum absolute atomic E-state index is 0.0498. The summed E-state index contributed by atoms with van der Waals surface area (Å²) in [5, 5.41) is 11.0. The van der Waals surface area contributed by atoms with E-state index in [0.717, 1.165) is 12.1 Å². The Kier molecular flexibility index (Phi) is 7.35. The number of rotatable bonds is 7. The Morgan fingerprint density at radius 1 is 1.12 bits per heavy atom. The topological polar surface area (TPSA) is 88.2 Å². The lowest BCUT2D eigenvalue weighted by atomic mass is 10.0. The van der Waals surface area contributed by atoms with Crippen molar-refractivity contribution in [3.8, 4) is 5.75 Å². The Morgan fingerprint density at radius 3 is 2.47 bits per heavy atom. The van der Waals surface area contributed by atoms with Crippen LogP contribution >= 0.6 is 0 Å². The second-order valence-electron chi connectivity index (χ2n) is 7.29. The van der Waals surface area contributed by atoms with Gasteiger partial charge in [0, 0.05) is 12.2 Å². The molecule has 1 amide bonds. The van der Waals surface area contributed by atoms with Crippen LogP contribution in [0.25, 0.3) is 6.08 Å². The highest BCUT2D eigenvalue weighted by molar-refractivity contribution is 6.15. The molecule has 9 heteroatoms. The molecule has 0 unspecified atom stereocenters. The third-order valence-corrected chi connectivity index (χ3v) is 4.93. The smallest absolute Gasteiger partial charge is 0.416 e. The number of amides is 1. The normalized spacial score (nSPS) is 11.4. The molecule has 0 bridgehead atoms. The Balaban J connectivity index is 1.82. The maximum Gasteiger partial charge on any atom is 0.416 e. The summed E-state index contributed by atoms with van der Waals surface area (Å²) in [6.07, 6.45) is -1.47. The number of carbonyl (C=O) groups excluding carboxylic acids is 1. The molecule has 0 aliphatic rings. The zero-order chi connectivity index (χ0) is 24.9. The number of alkyl halides is 3. The molecule has 0 radical (unpaired) electrons. The van der Waals surface area contributed by atoms with Gasteiger partial charge in [0.15, 0.2) is 0 Å². The molecule has 0 saturated carbocycles. The Hall–Kier alpha value is -4.14. The molecule has 3 rings (SSSR count). The summed E-state index contributed by atoms with van der Waals surface area (Å²) in [6.45, 7) is -0.145. The van der Waals surface area contributed by atoms with E-state index in [1.54, 1.807) is 6.08 Å². The van der Waals surface area contributed by atoms with E-state index >= 15 is 0 Å². The summed E-state index contributed by atoms with van der Waals surface area (Å²) < 4.78 is 57.2. The minimum Gasteiger partial charge on any atom is -0.495 e. The zero-order valence-corrected chi connectivity index (χ0v) is 18.0. The van der Waals surface area contributed by atoms with Gasteiger partial charge in [-0.1, -0.05) is 30.3 Å². The first-order valence-corrected chi connectivity index (χ1v) is 10.0. The van der Waals surface area contributed by atoms with Crippen molar-refractivity contribution in [1.29, 1.82) is 5.41 Å². The van der Waals surface area contributed by atoms with Crippen LogP contribution in [0.2, 0.25) is 0 Å². The number of hydrogen-bond acceptors (Lipinski definition) is 4. The highest BCUT2D eigenvalue weighted by atomic mass is 19.4. The summed E-state index contributed by atoms with van der Waals surface area (Å²) in [5.41, 5.74) is 6.53. The SMILES string of the molecule is COc1c(C(=O)NCc2cccc(C(F)(F)F)c2)ccc(N)c1C(=N)/C=C/c1ccc(F)cc1. The Bertz CT molecular complexity index is 1240. The van der Waals surface area contributed by atoms with Gasteiger partial charge in [-0.25, -0.2) is 4.39 Å². The lowest BCUT2D eigenvalue weighted by molar-refractivity contribution is -0.137. The van der Waals surface area contributed by atoms with Crippen LogP contribution in [0.1, 0.15) is 32.6 Å². The van der Waals surface area contributed by atoms with Gasteiger partial charge in [-0.05, 0) is 53.6 Å². The van der Waals surface area contributed by atoms with E-state index in [4.69, 9.17) is 15.9 Å². The molecule has 3 aromatic rings. The molecular formula is C25H21F4N3O2. The fourth-order valence-electron chi connectivity index (χ4n) is 3.24. The van der Waals surface area contributed by atoms with Crippen molar-refractivity contribution in [1.82, 2.24) is 5.32 Å². The predicted molar refractivity (Wildman–Crippen MR) is 122 cm³/mol. The first-order valence-electron chi connectivity index (χ1n) is 10.0. The van der Waals surface area contributed by atoms with Crippen molar-refractivity contribution >= 4 is 23.4 Å². The van der Waals surface area contributed by atoms with Crippen LogP contribution in [0.4, 0.5) is 23.2 Å². The van der Waals surface area contributed by atoms with Crippen molar-refractivity contribution in [2.45, 2.75) is 12.7 Å². The number of nitrogen functional groups attached to an aromatic ring is 1. The Morgan fingerprint density at radius 2 is 1.82 bits per heavy atom. The lowest BCUT2D eigenvalue weighted by Crippen LogP contribution is -2.24. The maximum absolute atomic E-state index is 13.1. The van der Waals surface area contributed by atoms with Crippen LogP contribution in [0.15, 0.2) is 66.7 Å². The molecule has 0 aliphatic carbocycles. The van der Waals surface area contributed by atoms with Crippen LogP contribution in [-0.2, 0) is 12.7 Å². The van der Waals surface area contributed by atoms with Gasteiger partial charge in [0.25, 0.3) is 5.91 Å². The highest BCUT2D eigenvalue weighted by Gasteiger charge is 2.30. The van der Waals surface area contributed by atoms with Crippen molar-refractivity contribution < 1.29 is 27.1 Å². The molecule has 176 valence electrons. The average molecular weight is 471 g/mol. The third kappa shape index (κ3) is 5.80. The van der Waals surface area contributed by atoms with E-state index in [-0.39, 0.29) is 46.2 Å². The molecule has 34 heavy (non-hydrogen) atoms. The van der Waals surface area contributed by atoms with Crippen molar-refractivity contribution in [3.05, 3.63) is 100 Å². The van der Waals surface area contributed by atoms with Crippen LogP contribution in [0, 0.1) is 11.2 Å². The number of carbonyl (C=O) groups is 1. The fraction of sp³-hybridized carbons (Fsp3) is 0.120. The number of halogens is 4. The Labute approximate surface area is 193 Å². The second-order valence-corrected chi connectivity index (χ2v) is 7.29. The van der Waals surface area contributed by atoms with Gasteiger partial charge < -0.3 is 21.2 Å². The summed E-state index contributed by atoms with van der Waals surface area (Å²) in [7, 11) is 1.32. The predicted octanol–water partition coefficient (Wildman–Crippen LogP) is 5.45. The molecule has 4 N–H and O–H groups in total. The van der Waals surface area contributed by atoms with Gasteiger partial charge in [-0.2, -0.15) is 13.2 Å². The molecule has 0 heterocycles. The molecular weight excluding hydrogens is 450 g/mol. The number of methoxy groups -OCH3 is 1. The van der Waals surface area contributed by atoms with E-state index in [1.807, 2.05) is 0 Å². The lowest BCUT2D eigenvalue weighted by Gasteiger charge is -2.16. The number of allylic oxidation sites excluding steroid dienone is 1. The molecule has 0 spiro atoms. The van der Waals surface area contributed by atoms with Gasteiger partial charge >= 0.3 is 6.18 Å². The van der Waals surface area contributed by atoms with Crippen molar-refractivity contribution in [2.24, 2.45) is 0 Å². The number of hydrogen-bond donors (Lipinski definition) is 3. The maximum atomic E-state index is 13.1.